The van der Waals surface area contributed by atoms with Gasteiger partial charge in [-0.15, -0.1) is 0 Å². The summed E-state index contributed by atoms with van der Waals surface area (Å²) in [5, 5.41) is 2.62. The van der Waals surface area contributed by atoms with Crippen LogP contribution in [0.1, 0.15) is 19.4 Å². The van der Waals surface area contributed by atoms with Crippen molar-refractivity contribution in [3.63, 3.8) is 0 Å². The van der Waals surface area contributed by atoms with E-state index in [0.717, 1.165) is 12.0 Å². The average molecular weight is 332 g/mol. The Labute approximate surface area is 136 Å². The van der Waals surface area contributed by atoms with Gasteiger partial charge in [0, 0.05) is 5.69 Å². The zero-order chi connectivity index (χ0) is 17.0. The summed E-state index contributed by atoms with van der Waals surface area (Å²) >= 11 is 0. The van der Waals surface area contributed by atoms with E-state index in [1.807, 2.05) is 19.1 Å². The molecular weight excluding hydrogens is 312 g/mol. The third-order valence-corrected chi connectivity index (χ3v) is 5.27. The van der Waals surface area contributed by atoms with Crippen molar-refractivity contribution in [1.82, 2.24) is 0 Å². The molecule has 0 aliphatic rings. The van der Waals surface area contributed by atoms with Gasteiger partial charge in [-0.2, -0.15) is 0 Å². The summed E-state index contributed by atoms with van der Waals surface area (Å²) in [6.45, 7) is 3.59. The van der Waals surface area contributed by atoms with Crippen molar-refractivity contribution >= 4 is 21.4 Å². The summed E-state index contributed by atoms with van der Waals surface area (Å²) in [5.74, 6) is -0.323. The minimum atomic E-state index is -3.56. The molecule has 0 saturated heterocycles. The number of carbonyl (C=O) groups excluding carboxylic acids is 1. The number of carbonyl (C=O) groups is 1. The number of nitrogens with one attached hydrogen (secondary N) is 1. The highest BCUT2D eigenvalue weighted by molar-refractivity contribution is 7.91. The minimum Gasteiger partial charge on any atom is -0.325 e. The van der Waals surface area contributed by atoms with Gasteiger partial charge in [-0.05, 0) is 55.3 Å². The minimum absolute atomic E-state index is 0.181. The normalized spacial score (nSPS) is 12.7. The molecule has 0 fully saturated rings. The topological polar surface area (TPSA) is 89.3 Å². The van der Waals surface area contributed by atoms with E-state index >= 15 is 0 Å². The molecule has 3 N–H and O–H groups in total. The van der Waals surface area contributed by atoms with E-state index in [1.54, 1.807) is 31.2 Å². The van der Waals surface area contributed by atoms with Crippen LogP contribution in [0.2, 0.25) is 0 Å². The zero-order valence-corrected chi connectivity index (χ0v) is 13.9. The molecule has 0 bridgehead atoms. The number of nitrogens with two attached hydrogens (primary N) is 1. The Bertz CT molecular complexity index is 780. The van der Waals surface area contributed by atoms with Crippen LogP contribution in [0, 0.1) is 0 Å². The van der Waals surface area contributed by atoms with E-state index < -0.39 is 15.9 Å². The molecule has 2 aromatic carbocycles. The molecule has 0 aliphatic heterocycles. The maximum atomic E-state index is 12.6. The average Bonchev–Trinajstić information content (AvgIpc) is 2.55. The van der Waals surface area contributed by atoms with Crippen molar-refractivity contribution in [3.8, 4) is 0 Å². The smallest absolute Gasteiger partial charge is 0.240 e. The molecular formula is C17H20N2O3S. The SMILES string of the molecule is CCc1ccc(S(=O)(=O)c2ccc(NC(=O)C(C)N)cc2)cc1. The quantitative estimate of drug-likeness (QED) is 0.879. The number of benzene rings is 2. The third kappa shape index (κ3) is 3.97. The van der Waals surface area contributed by atoms with Crippen molar-refractivity contribution in [1.29, 1.82) is 0 Å². The van der Waals surface area contributed by atoms with Gasteiger partial charge in [0.05, 0.1) is 15.8 Å². The molecule has 0 aliphatic carbocycles. The van der Waals surface area contributed by atoms with Crippen LogP contribution >= 0.6 is 0 Å². The Morgan fingerprint density at radius 3 is 1.96 bits per heavy atom. The van der Waals surface area contributed by atoms with Crippen molar-refractivity contribution in [2.45, 2.75) is 36.1 Å². The second-order valence-corrected chi connectivity index (χ2v) is 7.25. The van der Waals surface area contributed by atoms with Crippen LogP contribution < -0.4 is 11.1 Å². The molecule has 1 unspecified atom stereocenters. The number of rotatable bonds is 5. The highest BCUT2D eigenvalue weighted by Crippen LogP contribution is 2.22. The second-order valence-electron chi connectivity index (χ2n) is 5.30. The molecule has 1 atom stereocenters. The largest absolute Gasteiger partial charge is 0.325 e. The first-order valence-electron chi connectivity index (χ1n) is 7.35. The molecule has 0 spiro atoms. The standard InChI is InChI=1S/C17H20N2O3S/c1-3-13-4-8-15(9-5-13)23(21,22)16-10-6-14(7-11-16)19-17(20)12(2)18/h4-12H,3,18H2,1-2H3,(H,19,20). The summed E-state index contributed by atoms with van der Waals surface area (Å²) in [7, 11) is -3.56. The first-order chi connectivity index (χ1) is 10.8. The molecule has 5 nitrogen and oxygen atoms in total. The fourth-order valence-electron chi connectivity index (χ4n) is 2.01. The van der Waals surface area contributed by atoms with E-state index in [9.17, 15) is 13.2 Å². The molecule has 2 aromatic rings. The predicted molar refractivity (Wildman–Crippen MR) is 90.0 cm³/mol. The van der Waals surface area contributed by atoms with Gasteiger partial charge < -0.3 is 11.1 Å². The van der Waals surface area contributed by atoms with Gasteiger partial charge in [0.2, 0.25) is 15.7 Å². The zero-order valence-electron chi connectivity index (χ0n) is 13.1. The Morgan fingerprint density at radius 2 is 1.52 bits per heavy atom. The maximum Gasteiger partial charge on any atom is 0.240 e. The van der Waals surface area contributed by atoms with Gasteiger partial charge in [-0.1, -0.05) is 19.1 Å². The summed E-state index contributed by atoms with van der Waals surface area (Å²) < 4.78 is 25.1. The van der Waals surface area contributed by atoms with E-state index in [0.29, 0.717) is 5.69 Å². The molecule has 122 valence electrons. The first kappa shape index (κ1) is 17.2. The van der Waals surface area contributed by atoms with Crippen molar-refractivity contribution in [2.24, 2.45) is 5.73 Å². The van der Waals surface area contributed by atoms with Crippen LogP contribution in [0.3, 0.4) is 0 Å². The molecule has 23 heavy (non-hydrogen) atoms. The number of anilines is 1. The van der Waals surface area contributed by atoms with E-state index in [1.165, 1.54) is 12.1 Å². The molecule has 6 heteroatoms. The van der Waals surface area contributed by atoms with Crippen LogP contribution in [0.5, 0.6) is 0 Å². The maximum absolute atomic E-state index is 12.6. The molecule has 0 aromatic heterocycles. The lowest BCUT2D eigenvalue weighted by molar-refractivity contribution is -0.117. The lowest BCUT2D eigenvalue weighted by Gasteiger charge is -2.09. The second kappa shape index (κ2) is 6.93. The number of aryl methyl sites for hydroxylation is 1. The Balaban J connectivity index is 2.24. The number of hydrogen-bond acceptors (Lipinski definition) is 4. The molecule has 0 saturated carbocycles. The van der Waals surface area contributed by atoms with Crippen LogP contribution in [0.25, 0.3) is 0 Å². The predicted octanol–water partition coefficient (Wildman–Crippen LogP) is 2.37. The van der Waals surface area contributed by atoms with E-state index in [-0.39, 0.29) is 15.7 Å². The van der Waals surface area contributed by atoms with Gasteiger partial charge in [-0.25, -0.2) is 8.42 Å². The highest BCUT2D eigenvalue weighted by Gasteiger charge is 2.17. The van der Waals surface area contributed by atoms with Gasteiger partial charge in [0.1, 0.15) is 0 Å². The van der Waals surface area contributed by atoms with Crippen molar-refractivity contribution in [3.05, 3.63) is 54.1 Å². The van der Waals surface area contributed by atoms with E-state index in [2.05, 4.69) is 5.32 Å². The monoisotopic (exact) mass is 332 g/mol. The summed E-state index contributed by atoms with van der Waals surface area (Å²) in [5.41, 5.74) is 7.06. The lowest BCUT2D eigenvalue weighted by Crippen LogP contribution is -2.32. The van der Waals surface area contributed by atoms with Gasteiger partial charge >= 0.3 is 0 Å². The fourth-order valence-corrected chi connectivity index (χ4v) is 3.27. The Kier molecular flexibility index (Phi) is 5.18. The summed E-state index contributed by atoms with van der Waals surface area (Å²) in [6, 6.07) is 12.3. The molecule has 0 heterocycles. The Hall–Kier alpha value is -2.18. The van der Waals surface area contributed by atoms with Crippen LogP contribution in [-0.4, -0.2) is 20.4 Å². The lowest BCUT2D eigenvalue weighted by atomic mass is 10.2. The number of hydrogen-bond donors (Lipinski definition) is 2. The van der Waals surface area contributed by atoms with Gasteiger partial charge in [0.15, 0.2) is 0 Å². The summed E-state index contributed by atoms with van der Waals surface area (Å²) in [4.78, 5) is 12.0. The van der Waals surface area contributed by atoms with Crippen molar-refractivity contribution < 1.29 is 13.2 Å². The van der Waals surface area contributed by atoms with Crippen molar-refractivity contribution in [2.75, 3.05) is 5.32 Å². The van der Waals surface area contributed by atoms with Crippen LogP contribution in [0.15, 0.2) is 58.3 Å². The Morgan fingerprint density at radius 1 is 1.04 bits per heavy atom. The van der Waals surface area contributed by atoms with Gasteiger partial charge in [0.25, 0.3) is 0 Å². The highest BCUT2D eigenvalue weighted by atomic mass is 32.2. The molecule has 1 amide bonds. The van der Waals surface area contributed by atoms with Gasteiger partial charge in [-0.3, -0.25) is 4.79 Å². The third-order valence-electron chi connectivity index (χ3n) is 3.49. The number of sulfone groups is 1. The first-order valence-corrected chi connectivity index (χ1v) is 8.83. The van der Waals surface area contributed by atoms with E-state index in [4.69, 9.17) is 5.73 Å². The molecule has 2 rings (SSSR count). The number of amides is 1. The summed E-state index contributed by atoms with van der Waals surface area (Å²) in [6.07, 6.45) is 0.855. The van der Waals surface area contributed by atoms with Crippen LogP contribution in [0.4, 0.5) is 5.69 Å². The fraction of sp³-hybridized carbons (Fsp3) is 0.235. The van der Waals surface area contributed by atoms with Crippen LogP contribution in [-0.2, 0) is 21.1 Å². The molecule has 0 radical (unpaired) electrons.